The summed E-state index contributed by atoms with van der Waals surface area (Å²) in [6.07, 6.45) is 1.27. The Hall–Kier alpha value is -4.27. The predicted molar refractivity (Wildman–Crippen MR) is 114 cm³/mol. The minimum absolute atomic E-state index is 0.0153. The second-order valence-electron chi connectivity index (χ2n) is 6.34. The molecule has 8 nitrogen and oxygen atoms in total. The molecule has 3 rings (SSSR count). The standard InChI is InChI=1S/C22H18FN3O5/c1-2-31-20-12-19(26(29)30)10-15(21(20)27)13-24-17-4-3-5-18(11-17)25-22(28)14-6-8-16(23)9-7-14/h3-13,27H,2H2,1H3,(H,25,28). The fourth-order valence-corrected chi connectivity index (χ4v) is 2.70. The van der Waals surface area contributed by atoms with Gasteiger partial charge in [0.2, 0.25) is 0 Å². The molecule has 158 valence electrons. The van der Waals surface area contributed by atoms with Gasteiger partial charge >= 0.3 is 0 Å². The number of phenolic OH excluding ortho intramolecular Hbond substituents is 1. The first-order valence-corrected chi connectivity index (χ1v) is 9.22. The molecule has 0 unspecified atom stereocenters. The molecule has 0 spiro atoms. The van der Waals surface area contributed by atoms with Crippen LogP contribution in [-0.4, -0.2) is 28.8 Å². The molecule has 3 aromatic carbocycles. The third-order valence-corrected chi connectivity index (χ3v) is 4.16. The Kier molecular flexibility index (Phi) is 6.56. The molecule has 0 bridgehead atoms. The number of amides is 1. The Bertz CT molecular complexity index is 1150. The molecule has 0 heterocycles. The van der Waals surface area contributed by atoms with Gasteiger partial charge in [-0.05, 0) is 49.4 Å². The lowest BCUT2D eigenvalue weighted by Crippen LogP contribution is -2.11. The summed E-state index contributed by atoms with van der Waals surface area (Å²) >= 11 is 0. The van der Waals surface area contributed by atoms with Crippen molar-refractivity contribution in [2.24, 2.45) is 4.99 Å². The number of phenols is 1. The Morgan fingerprint density at radius 3 is 2.65 bits per heavy atom. The van der Waals surface area contributed by atoms with E-state index in [1.165, 1.54) is 36.5 Å². The zero-order valence-electron chi connectivity index (χ0n) is 16.4. The van der Waals surface area contributed by atoms with E-state index in [2.05, 4.69) is 10.3 Å². The molecule has 0 aliphatic rings. The largest absolute Gasteiger partial charge is 0.504 e. The summed E-state index contributed by atoms with van der Waals surface area (Å²) in [5, 5.41) is 24.1. The average molecular weight is 423 g/mol. The van der Waals surface area contributed by atoms with Crippen LogP contribution in [0.1, 0.15) is 22.8 Å². The van der Waals surface area contributed by atoms with Crippen LogP contribution in [0.2, 0.25) is 0 Å². The topological polar surface area (TPSA) is 114 Å². The van der Waals surface area contributed by atoms with E-state index in [-0.39, 0.29) is 29.4 Å². The lowest BCUT2D eigenvalue weighted by Gasteiger charge is -2.08. The molecule has 2 N–H and O–H groups in total. The van der Waals surface area contributed by atoms with Crippen molar-refractivity contribution in [2.75, 3.05) is 11.9 Å². The van der Waals surface area contributed by atoms with E-state index in [4.69, 9.17) is 4.74 Å². The van der Waals surface area contributed by atoms with Gasteiger partial charge in [-0.3, -0.25) is 19.9 Å². The Morgan fingerprint density at radius 2 is 1.97 bits per heavy atom. The zero-order chi connectivity index (χ0) is 22.4. The fraction of sp³-hybridized carbons (Fsp3) is 0.0909. The molecular formula is C22H18FN3O5. The second kappa shape index (κ2) is 9.49. The number of benzene rings is 3. The number of aliphatic imine (C=N–C) groups is 1. The molecule has 0 aliphatic heterocycles. The number of nitrogens with zero attached hydrogens (tertiary/aromatic N) is 2. The second-order valence-corrected chi connectivity index (χ2v) is 6.34. The molecule has 0 aliphatic carbocycles. The number of nitrogens with one attached hydrogen (secondary N) is 1. The number of carbonyl (C=O) groups excluding carboxylic acids is 1. The number of hydrogen-bond donors (Lipinski definition) is 2. The van der Waals surface area contributed by atoms with Crippen molar-refractivity contribution >= 4 is 29.2 Å². The highest BCUT2D eigenvalue weighted by Gasteiger charge is 2.16. The van der Waals surface area contributed by atoms with E-state index in [1.807, 2.05) is 0 Å². The van der Waals surface area contributed by atoms with Crippen molar-refractivity contribution in [3.05, 3.63) is 87.7 Å². The van der Waals surface area contributed by atoms with E-state index < -0.39 is 16.6 Å². The van der Waals surface area contributed by atoms with Gasteiger partial charge in [0.05, 0.1) is 23.3 Å². The maximum absolute atomic E-state index is 13.0. The molecule has 31 heavy (non-hydrogen) atoms. The molecule has 1 amide bonds. The summed E-state index contributed by atoms with van der Waals surface area (Å²) in [6, 6.07) is 14.0. The zero-order valence-corrected chi connectivity index (χ0v) is 16.4. The van der Waals surface area contributed by atoms with Gasteiger partial charge in [0.1, 0.15) is 5.82 Å². The molecule has 0 fully saturated rings. The number of hydrogen-bond acceptors (Lipinski definition) is 6. The first kappa shape index (κ1) is 21.4. The summed E-state index contributed by atoms with van der Waals surface area (Å²) in [6.45, 7) is 1.92. The van der Waals surface area contributed by atoms with Gasteiger partial charge in [0.25, 0.3) is 11.6 Å². The normalized spacial score (nSPS) is 10.8. The number of non-ortho nitro benzene ring substituents is 1. The minimum atomic E-state index is -0.592. The van der Waals surface area contributed by atoms with Gasteiger partial charge in [0, 0.05) is 29.1 Å². The van der Waals surface area contributed by atoms with Crippen LogP contribution in [0.15, 0.2) is 65.7 Å². The maximum atomic E-state index is 13.0. The number of aromatic hydroxyl groups is 1. The quantitative estimate of drug-likeness (QED) is 0.321. The lowest BCUT2D eigenvalue weighted by atomic mass is 10.1. The highest BCUT2D eigenvalue weighted by molar-refractivity contribution is 6.04. The highest BCUT2D eigenvalue weighted by atomic mass is 19.1. The third kappa shape index (κ3) is 5.41. The van der Waals surface area contributed by atoms with Crippen LogP contribution in [0.5, 0.6) is 11.5 Å². The van der Waals surface area contributed by atoms with Crippen molar-refractivity contribution in [2.45, 2.75) is 6.92 Å². The van der Waals surface area contributed by atoms with Gasteiger partial charge in [-0.2, -0.15) is 0 Å². The Morgan fingerprint density at radius 1 is 1.23 bits per heavy atom. The highest BCUT2D eigenvalue weighted by Crippen LogP contribution is 2.34. The summed E-state index contributed by atoms with van der Waals surface area (Å²) in [4.78, 5) is 27.1. The molecule has 0 saturated heterocycles. The maximum Gasteiger partial charge on any atom is 0.274 e. The van der Waals surface area contributed by atoms with Crippen LogP contribution in [-0.2, 0) is 0 Å². The van der Waals surface area contributed by atoms with Gasteiger partial charge in [-0.25, -0.2) is 4.39 Å². The number of rotatable bonds is 7. The third-order valence-electron chi connectivity index (χ3n) is 4.16. The van der Waals surface area contributed by atoms with Crippen molar-refractivity contribution < 1.29 is 24.0 Å². The van der Waals surface area contributed by atoms with Gasteiger partial charge < -0.3 is 15.2 Å². The van der Waals surface area contributed by atoms with Gasteiger partial charge in [-0.1, -0.05) is 6.07 Å². The van der Waals surface area contributed by atoms with E-state index >= 15 is 0 Å². The summed E-state index contributed by atoms with van der Waals surface area (Å²) in [5.41, 5.74) is 1.03. The molecule has 0 radical (unpaired) electrons. The molecule has 0 aromatic heterocycles. The number of anilines is 1. The molecule has 0 saturated carbocycles. The van der Waals surface area contributed by atoms with Crippen LogP contribution >= 0.6 is 0 Å². The van der Waals surface area contributed by atoms with Crippen molar-refractivity contribution in [1.82, 2.24) is 0 Å². The number of nitro groups is 1. The fourth-order valence-electron chi connectivity index (χ4n) is 2.70. The van der Waals surface area contributed by atoms with Crippen molar-refractivity contribution in [1.29, 1.82) is 0 Å². The summed E-state index contributed by atoms with van der Waals surface area (Å²) in [7, 11) is 0. The number of ether oxygens (including phenoxy) is 1. The van der Waals surface area contributed by atoms with E-state index in [0.29, 0.717) is 16.9 Å². The van der Waals surface area contributed by atoms with Crippen LogP contribution < -0.4 is 10.1 Å². The summed E-state index contributed by atoms with van der Waals surface area (Å²) in [5.74, 6) is -1.14. The van der Waals surface area contributed by atoms with Gasteiger partial charge in [-0.15, -0.1) is 0 Å². The van der Waals surface area contributed by atoms with Crippen LogP contribution in [0.4, 0.5) is 21.5 Å². The molecule has 3 aromatic rings. The van der Waals surface area contributed by atoms with Crippen LogP contribution in [0.25, 0.3) is 0 Å². The Labute approximate surface area is 176 Å². The number of carbonyl (C=O) groups is 1. The SMILES string of the molecule is CCOc1cc([N+](=O)[O-])cc(C=Nc2cccc(NC(=O)c3ccc(F)cc3)c2)c1O. The first-order valence-electron chi connectivity index (χ1n) is 9.22. The van der Waals surface area contributed by atoms with Crippen LogP contribution in [0.3, 0.4) is 0 Å². The number of halogens is 1. The lowest BCUT2D eigenvalue weighted by molar-refractivity contribution is -0.385. The molecule has 0 atom stereocenters. The first-order chi connectivity index (χ1) is 14.9. The number of nitro benzene ring substituents is 1. The average Bonchev–Trinajstić information content (AvgIpc) is 2.75. The van der Waals surface area contributed by atoms with E-state index in [1.54, 1.807) is 31.2 Å². The molecular weight excluding hydrogens is 405 g/mol. The van der Waals surface area contributed by atoms with Crippen molar-refractivity contribution in [3.63, 3.8) is 0 Å². The summed E-state index contributed by atoms with van der Waals surface area (Å²) < 4.78 is 18.3. The van der Waals surface area contributed by atoms with Crippen molar-refractivity contribution in [3.8, 4) is 11.5 Å². The monoisotopic (exact) mass is 423 g/mol. The smallest absolute Gasteiger partial charge is 0.274 e. The van der Waals surface area contributed by atoms with E-state index in [0.717, 1.165) is 6.07 Å². The molecule has 9 heteroatoms. The predicted octanol–water partition coefficient (Wildman–Crippen LogP) is 4.84. The van der Waals surface area contributed by atoms with E-state index in [9.17, 15) is 24.4 Å². The Balaban J connectivity index is 1.83. The van der Waals surface area contributed by atoms with Gasteiger partial charge in [0.15, 0.2) is 11.5 Å². The minimum Gasteiger partial charge on any atom is -0.504 e. The van der Waals surface area contributed by atoms with Crippen LogP contribution in [0, 0.1) is 15.9 Å².